The van der Waals surface area contributed by atoms with Gasteiger partial charge in [0.1, 0.15) is 4.83 Å². The molecule has 4 heterocycles. The van der Waals surface area contributed by atoms with Crippen LogP contribution in [0, 0.1) is 6.92 Å². The van der Waals surface area contributed by atoms with Crippen molar-refractivity contribution in [2.45, 2.75) is 52.0 Å². The van der Waals surface area contributed by atoms with Gasteiger partial charge < -0.3 is 4.90 Å². The highest BCUT2D eigenvalue weighted by Gasteiger charge is 2.27. The average Bonchev–Trinajstić information content (AvgIpc) is 3.30. The summed E-state index contributed by atoms with van der Waals surface area (Å²) in [6.07, 6.45) is 6.78. The van der Waals surface area contributed by atoms with Crippen molar-refractivity contribution in [2.75, 3.05) is 32.7 Å². The van der Waals surface area contributed by atoms with Gasteiger partial charge in [-0.05, 0) is 51.1 Å². The molecule has 0 aromatic carbocycles. The summed E-state index contributed by atoms with van der Waals surface area (Å²) in [7, 11) is 0. The topological polar surface area (TPSA) is 58.4 Å². The number of rotatable bonds is 4. The van der Waals surface area contributed by atoms with E-state index in [-0.39, 0.29) is 17.5 Å². The smallest absolute Gasteiger partial charge is 0.262 e. The van der Waals surface area contributed by atoms with Crippen LogP contribution in [0.3, 0.4) is 0 Å². The van der Waals surface area contributed by atoms with Crippen molar-refractivity contribution in [3.8, 4) is 0 Å². The molecule has 4 rings (SSSR count). The third kappa shape index (κ3) is 3.55. The Hall–Kier alpha value is -1.73. The summed E-state index contributed by atoms with van der Waals surface area (Å²) < 4.78 is 1.82. The lowest BCUT2D eigenvalue weighted by Gasteiger charge is -2.33. The van der Waals surface area contributed by atoms with Gasteiger partial charge in [-0.3, -0.25) is 19.1 Å². The number of hydrogen-bond acceptors (Lipinski definition) is 5. The van der Waals surface area contributed by atoms with Crippen molar-refractivity contribution in [1.82, 2.24) is 19.4 Å². The largest absolute Gasteiger partial charge is 0.342 e. The second-order valence-electron chi connectivity index (χ2n) is 7.75. The number of aryl methyl sites for hydroxylation is 2. The molecule has 1 amide bonds. The molecule has 2 aromatic rings. The van der Waals surface area contributed by atoms with Crippen LogP contribution in [0.4, 0.5) is 0 Å². The minimum Gasteiger partial charge on any atom is -0.342 e. The van der Waals surface area contributed by atoms with Crippen LogP contribution in [0.15, 0.2) is 11.1 Å². The Kier molecular flexibility index (Phi) is 5.32. The lowest BCUT2D eigenvalue weighted by Crippen LogP contribution is -2.45. The first-order valence-corrected chi connectivity index (χ1v) is 10.9. The van der Waals surface area contributed by atoms with E-state index in [1.54, 1.807) is 17.7 Å². The van der Waals surface area contributed by atoms with E-state index in [0.29, 0.717) is 6.54 Å². The molecule has 0 bridgehead atoms. The first kappa shape index (κ1) is 18.6. The molecular weight excluding hydrogens is 360 g/mol. The molecule has 2 saturated heterocycles. The number of carbonyl (C=O) groups excluding carboxylic acids is 1. The standard InChI is InChI=1S/C20H28N4O2S/c1-3-16-14(2)27-19-18(16)20(26)24(13-21-19)15-7-6-8-22(11-15)12-17(25)23-9-4-5-10-23/h13,15H,3-12H2,1-2H3. The van der Waals surface area contributed by atoms with Crippen LogP contribution in [-0.2, 0) is 11.2 Å². The monoisotopic (exact) mass is 388 g/mol. The maximum atomic E-state index is 13.2. The molecule has 0 N–H and O–H groups in total. The van der Waals surface area contributed by atoms with Gasteiger partial charge >= 0.3 is 0 Å². The van der Waals surface area contributed by atoms with Gasteiger partial charge in [0.2, 0.25) is 5.91 Å². The van der Waals surface area contributed by atoms with Crippen molar-refractivity contribution in [2.24, 2.45) is 0 Å². The maximum Gasteiger partial charge on any atom is 0.262 e. The lowest BCUT2D eigenvalue weighted by molar-refractivity contribution is -0.131. The van der Waals surface area contributed by atoms with E-state index >= 15 is 0 Å². The Morgan fingerprint density at radius 2 is 2.04 bits per heavy atom. The molecule has 27 heavy (non-hydrogen) atoms. The van der Waals surface area contributed by atoms with Gasteiger partial charge in [-0.1, -0.05) is 6.92 Å². The molecule has 1 atom stereocenters. The Morgan fingerprint density at radius 3 is 2.78 bits per heavy atom. The molecule has 2 aliphatic rings. The first-order valence-electron chi connectivity index (χ1n) is 10.1. The number of nitrogens with zero attached hydrogens (tertiary/aromatic N) is 4. The lowest BCUT2D eigenvalue weighted by atomic mass is 10.0. The van der Waals surface area contributed by atoms with Crippen LogP contribution in [0.25, 0.3) is 10.2 Å². The molecule has 2 fully saturated rings. The number of hydrogen-bond donors (Lipinski definition) is 0. The van der Waals surface area contributed by atoms with Crippen molar-refractivity contribution in [3.05, 3.63) is 27.1 Å². The van der Waals surface area contributed by atoms with Gasteiger partial charge in [-0.25, -0.2) is 4.98 Å². The summed E-state index contributed by atoms with van der Waals surface area (Å²) in [6.45, 7) is 8.11. The van der Waals surface area contributed by atoms with E-state index < -0.39 is 0 Å². The van der Waals surface area contributed by atoms with Gasteiger partial charge in [0, 0.05) is 24.5 Å². The third-order valence-corrected chi connectivity index (χ3v) is 7.04. The number of fused-ring (bicyclic) bond motifs is 1. The molecule has 0 spiro atoms. The highest BCUT2D eigenvalue weighted by atomic mass is 32.1. The summed E-state index contributed by atoms with van der Waals surface area (Å²) in [4.78, 5) is 36.5. The molecule has 2 aromatic heterocycles. The minimum absolute atomic E-state index is 0.0823. The summed E-state index contributed by atoms with van der Waals surface area (Å²) in [6, 6.07) is 0.0967. The van der Waals surface area contributed by atoms with Crippen LogP contribution in [0.1, 0.15) is 49.1 Å². The van der Waals surface area contributed by atoms with E-state index in [4.69, 9.17) is 0 Å². The van der Waals surface area contributed by atoms with Crippen LogP contribution < -0.4 is 5.56 Å². The van der Waals surface area contributed by atoms with Crippen molar-refractivity contribution in [1.29, 1.82) is 0 Å². The predicted octanol–water partition coefficient (Wildman–Crippen LogP) is 2.59. The first-order chi connectivity index (χ1) is 13.1. The fourth-order valence-corrected chi connectivity index (χ4v) is 5.59. The van der Waals surface area contributed by atoms with Gasteiger partial charge in [-0.15, -0.1) is 11.3 Å². The Morgan fingerprint density at radius 1 is 1.26 bits per heavy atom. The Balaban J connectivity index is 1.55. The van der Waals surface area contributed by atoms with Crippen LogP contribution in [0.2, 0.25) is 0 Å². The van der Waals surface area contributed by atoms with Gasteiger partial charge in [-0.2, -0.15) is 0 Å². The second kappa shape index (κ2) is 7.72. The zero-order chi connectivity index (χ0) is 19.0. The number of piperidine rings is 1. The second-order valence-corrected chi connectivity index (χ2v) is 8.95. The predicted molar refractivity (Wildman–Crippen MR) is 109 cm³/mol. The molecular formula is C20H28N4O2S. The molecule has 2 aliphatic heterocycles. The van der Waals surface area contributed by atoms with E-state index in [1.165, 1.54) is 4.88 Å². The zero-order valence-electron chi connectivity index (χ0n) is 16.2. The quantitative estimate of drug-likeness (QED) is 0.808. The number of likely N-dealkylation sites (tertiary alicyclic amines) is 2. The summed E-state index contributed by atoms with van der Waals surface area (Å²) >= 11 is 1.61. The van der Waals surface area contributed by atoms with Crippen LogP contribution in [0.5, 0.6) is 0 Å². The van der Waals surface area contributed by atoms with Crippen molar-refractivity contribution >= 4 is 27.5 Å². The number of aromatic nitrogens is 2. The molecule has 0 aliphatic carbocycles. The van der Waals surface area contributed by atoms with Gasteiger partial charge in [0.25, 0.3) is 5.56 Å². The summed E-state index contributed by atoms with van der Waals surface area (Å²) in [5.41, 5.74) is 1.22. The van der Waals surface area contributed by atoms with E-state index in [1.807, 2.05) is 9.47 Å². The van der Waals surface area contributed by atoms with Gasteiger partial charge in [0.15, 0.2) is 0 Å². The fraction of sp³-hybridized carbons (Fsp3) is 0.650. The van der Waals surface area contributed by atoms with Crippen molar-refractivity contribution in [3.63, 3.8) is 0 Å². The zero-order valence-corrected chi connectivity index (χ0v) is 17.1. The normalized spacial score (nSPS) is 21.3. The van der Waals surface area contributed by atoms with Crippen LogP contribution in [-0.4, -0.2) is 58.0 Å². The fourth-order valence-electron chi connectivity index (χ4n) is 4.52. The molecule has 6 nitrogen and oxygen atoms in total. The molecule has 0 saturated carbocycles. The highest BCUT2D eigenvalue weighted by molar-refractivity contribution is 7.18. The SMILES string of the molecule is CCc1c(C)sc2ncn(C3CCCN(CC(=O)N4CCCC4)C3)c(=O)c12. The minimum atomic E-state index is 0.0823. The average molecular weight is 389 g/mol. The van der Waals surface area contributed by atoms with E-state index in [2.05, 4.69) is 23.7 Å². The summed E-state index contributed by atoms with van der Waals surface area (Å²) in [5, 5.41) is 0.799. The number of carbonyl (C=O) groups is 1. The van der Waals surface area contributed by atoms with Crippen molar-refractivity contribution < 1.29 is 4.79 Å². The number of amides is 1. The molecule has 146 valence electrons. The third-order valence-electron chi connectivity index (χ3n) is 5.98. The molecule has 1 unspecified atom stereocenters. The Labute approximate surface area is 163 Å². The molecule has 7 heteroatoms. The van der Waals surface area contributed by atoms with E-state index in [9.17, 15) is 9.59 Å². The maximum absolute atomic E-state index is 13.2. The van der Waals surface area contributed by atoms with Crippen LogP contribution >= 0.6 is 11.3 Å². The number of thiophene rings is 1. The Bertz CT molecular complexity index is 897. The summed E-state index contributed by atoms with van der Waals surface area (Å²) in [5.74, 6) is 0.232. The highest BCUT2D eigenvalue weighted by Crippen LogP contribution is 2.28. The molecule has 0 radical (unpaired) electrons. The van der Waals surface area contributed by atoms with Gasteiger partial charge in [0.05, 0.1) is 24.3 Å². The van der Waals surface area contributed by atoms with E-state index in [0.717, 1.165) is 74.1 Å².